The van der Waals surface area contributed by atoms with Gasteiger partial charge in [-0.05, 0) is 42.3 Å². The molecule has 2 aromatic carbocycles. The van der Waals surface area contributed by atoms with Gasteiger partial charge in [0, 0.05) is 5.02 Å². The molecule has 1 fully saturated rings. The van der Waals surface area contributed by atoms with Crippen molar-refractivity contribution in [3.63, 3.8) is 0 Å². The molecule has 1 saturated heterocycles. The van der Waals surface area contributed by atoms with Crippen LogP contribution in [-0.2, 0) is 11.4 Å². The van der Waals surface area contributed by atoms with Crippen LogP contribution in [0.3, 0.4) is 0 Å². The van der Waals surface area contributed by atoms with E-state index in [0.717, 1.165) is 12.5 Å². The Morgan fingerprint density at radius 2 is 1.84 bits per heavy atom. The van der Waals surface area contributed by atoms with Crippen molar-refractivity contribution in [3.8, 4) is 11.5 Å². The maximum atomic E-state index is 13.6. The highest BCUT2D eigenvalue weighted by atomic mass is 35.5. The van der Waals surface area contributed by atoms with E-state index in [1.807, 2.05) is 0 Å². The van der Waals surface area contributed by atoms with E-state index >= 15 is 0 Å². The van der Waals surface area contributed by atoms with Crippen LogP contribution in [0.1, 0.15) is 24.1 Å². The third-order valence-corrected chi connectivity index (χ3v) is 5.35. The number of alkyl halides is 3. The van der Waals surface area contributed by atoms with Gasteiger partial charge in [0.2, 0.25) is 5.72 Å². The molecule has 0 aromatic heterocycles. The van der Waals surface area contributed by atoms with Crippen LogP contribution < -0.4 is 20.1 Å². The van der Waals surface area contributed by atoms with Crippen molar-refractivity contribution in [2.45, 2.75) is 31.5 Å². The molecule has 0 unspecified atom stereocenters. The number of ether oxygens (including phenoxy) is 2. The summed E-state index contributed by atoms with van der Waals surface area (Å²) >= 11 is 5.85. The average Bonchev–Trinajstić information content (AvgIpc) is 2.71. The fourth-order valence-electron chi connectivity index (χ4n) is 3.54. The number of hydrogen-bond donors (Lipinski definition) is 3. The zero-order valence-corrected chi connectivity index (χ0v) is 17.8. The predicted molar refractivity (Wildman–Crippen MR) is 108 cm³/mol. The van der Waals surface area contributed by atoms with Crippen LogP contribution in [0, 0.1) is 5.92 Å². The predicted octanol–water partition coefficient (Wildman–Crippen LogP) is 3.74. The molecule has 32 heavy (non-hydrogen) atoms. The average molecular weight is 473 g/mol. The second-order valence-electron chi connectivity index (χ2n) is 7.25. The van der Waals surface area contributed by atoms with E-state index in [1.165, 1.54) is 30.6 Å². The molecule has 0 spiro atoms. The van der Waals surface area contributed by atoms with Crippen LogP contribution in [0.4, 0.5) is 18.0 Å². The first-order valence-electron chi connectivity index (χ1n) is 9.39. The Balaban J connectivity index is 1.92. The van der Waals surface area contributed by atoms with Crippen molar-refractivity contribution in [2.75, 3.05) is 7.11 Å². The van der Waals surface area contributed by atoms with Gasteiger partial charge in [-0.3, -0.25) is 4.79 Å². The number of ketones is 1. The van der Waals surface area contributed by atoms with Gasteiger partial charge in [0.05, 0.1) is 19.1 Å². The lowest BCUT2D eigenvalue weighted by Gasteiger charge is -2.44. The van der Waals surface area contributed by atoms with Gasteiger partial charge >= 0.3 is 12.2 Å². The minimum Gasteiger partial charge on any atom is -0.493 e. The second kappa shape index (κ2) is 8.87. The van der Waals surface area contributed by atoms with Gasteiger partial charge in [-0.2, -0.15) is 13.2 Å². The van der Waals surface area contributed by atoms with Crippen molar-refractivity contribution in [3.05, 3.63) is 58.6 Å². The lowest BCUT2D eigenvalue weighted by Crippen LogP contribution is -2.72. The molecule has 172 valence electrons. The van der Waals surface area contributed by atoms with Crippen LogP contribution in [-0.4, -0.2) is 35.9 Å². The van der Waals surface area contributed by atoms with Crippen molar-refractivity contribution < 1.29 is 37.3 Å². The normalized spacial score (nSPS) is 23.2. The Kier molecular flexibility index (Phi) is 6.56. The molecule has 7 nitrogen and oxygen atoms in total. The number of halogens is 4. The molecule has 0 bridgehead atoms. The standard InChI is InChI=1S/C21H20ClF3N2O5/c1-11(28)17-18(26-19(29)27-20(17,30)21(23,24)25)13-5-8-15(16(9-13)31-2)32-10-12-3-6-14(22)7-4-12/h3-9,17-18,30H,10H2,1-2H3,(H2,26,27,29)/t17-,18+,20-/m1/s1. The molecule has 3 rings (SSSR count). The summed E-state index contributed by atoms with van der Waals surface area (Å²) in [5.74, 6) is -2.55. The van der Waals surface area contributed by atoms with Gasteiger partial charge in [0.25, 0.3) is 0 Å². The van der Waals surface area contributed by atoms with Crippen LogP contribution in [0.5, 0.6) is 11.5 Å². The van der Waals surface area contributed by atoms with Crippen molar-refractivity contribution in [1.29, 1.82) is 0 Å². The van der Waals surface area contributed by atoms with E-state index in [-0.39, 0.29) is 23.7 Å². The second-order valence-corrected chi connectivity index (χ2v) is 7.69. The van der Waals surface area contributed by atoms with E-state index in [4.69, 9.17) is 21.1 Å². The molecule has 1 aliphatic rings. The van der Waals surface area contributed by atoms with Crippen LogP contribution in [0.15, 0.2) is 42.5 Å². The van der Waals surface area contributed by atoms with Crippen LogP contribution >= 0.6 is 11.6 Å². The van der Waals surface area contributed by atoms with Gasteiger partial charge < -0.3 is 25.2 Å². The summed E-state index contributed by atoms with van der Waals surface area (Å²) < 4.78 is 51.8. The van der Waals surface area contributed by atoms with Crippen molar-refractivity contribution in [2.24, 2.45) is 5.92 Å². The number of nitrogens with one attached hydrogen (secondary N) is 2. The van der Waals surface area contributed by atoms with E-state index in [2.05, 4.69) is 5.32 Å². The van der Waals surface area contributed by atoms with Gasteiger partial charge in [-0.25, -0.2) is 4.79 Å². The Labute approximate surface area is 186 Å². The fraction of sp³-hybridized carbons (Fsp3) is 0.333. The summed E-state index contributed by atoms with van der Waals surface area (Å²) in [6.07, 6.45) is -5.29. The molecule has 0 saturated carbocycles. The van der Waals surface area contributed by atoms with E-state index in [9.17, 15) is 27.9 Å². The molecule has 1 heterocycles. The molecule has 3 atom stereocenters. The first-order chi connectivity index (χ1) is 15.0. The van der Waals surface area contributed by atoms with Gasteiger partial charge in [-0.1, -0.05) is 29.8 Å². The number of aliphatic hydroxyl groups is 1. The summed E-state index contributed by atoms with van der Waals surface area (Å²) in [6, 6.07) is 8.38. The Morgan fingerprint density at radius 3 is 2.41 bits per heavy atom. The zero-order chi connectivity index (χ0) is 23.7. The summed E-state index contributed by atoms with van der Waals surface area (Å²) in [5, 5.41) is 14.6. The van der Waals surface area contributed by atoms with E-state index in [1.54, 1.807) is 24.3 Å². The van der Waals surface area contributed by atoms with Crippen LogP contribution in [0.25, 0.3) is 0 Å². The molecule has 0 aliphatic carbocycles. The number of carbonyl (C=O) groups excluding carboxylic acids is 2. The zero-order valence-electron chi connectivity index (χ0n) is 17.0. The molecule has 2 aromatic rings. The smallest absolute Gasteiger partial charge is 0.437 e. The number of benzene rings is 2. The third kappa shape index (κ3) is 4.61. The Morgan fingerprint density at radius 1 is 1.19 bits per heavy atom. The van der Waals surface area contributed by atoms with E-state index in [0.29, 0.717) is 5.02 Å². The lowest BCUT2D eigenvalue weighted by atomic mass is 9.79. The van der Waals surface area contributed by atoms with Gasteiger partial charge in [-0.15, -0.1) is 0 Å². The summed E-state index contributed by atoms with van der Waals surface area (Å²) in [7, 11) is 1.34. The lowest BCUT2D eigenvalue weighted by molar-refractivity contribution is -0.290. The Hall–Kier alpha value is -2.98. The Bertz CT molecular complexity index is 1020. The summed E-state index contributed by atoms with van der Waals surface area (Å²) in [5.41, 5.74) is -2.79. The minimum atomic E-state index is -5.29. The van der Waals surface area contributed by atoms with Gasteiger partial charge in [0.1, 0.15) is 12.4 Å². The number of rotatable bonds is 6. The topological polar surface area (TPSA) is 96.9 Å². The highest BCUT2D eigenvalue weighted by Gasteiger charge is 2.65. The maximum absolute atomic E-state index is 13.6. The number of carbonyl (C=O) groups is 2. The SMILES string of the molecule is COc1cc([C@@H]2NC(=O)N[C@](O)(C(F)(F)F)[C@@H]2C(C)=O)ccc1OCc1ccc(Cl)cc1. The summed E-state index contributed by atoms with van der Waals surface area (Å²) in [4.78, 5) is 24.1. The molecule has 3 N–H and O–H groups in total. The third-order valence-electron chi connectivity index (χ3n) is 5.10. The monoisotopic (exact) mass is 472 g/mol. The van der Waals surface area contributed by atoms with Crippen molar-refractivity contribution in [1.82, 2.24) is 10.6 Å². The molecule has 1 aliphatic heterocycles. The summed E-state index contributed by atoms with van der Waals surface area (Å²) in [6.45, 7) is 1.08. The van der Waals surface area contributed by atoms with E-state index < -0.39 is 35.7 Å². The molecular weight excluding hydrogens is 453 g/mol. The molecule has 11 heteroatoms. The fourth-order valence-corrected chi connectivity index (χ4v) is 3.67. The molecular formula is C21H20ClF3N2O5. The number of Topliss-reactive ketones (excluding diaryl/α,β-unsaturated/α-hetero) is 1. The molecule has 0 radical (unpaired) electrons. The first kappa shape index (κ1) is 23.7. The molecule has 2 amide bonds. The number of urea groups is 1. The maximum Gasteiger partial charge on any atom is 0.437 e. The quantitative estimate of drug-likeness (QED) is 0.595. The number of methoxy groups -OCH3 is 1. The van der Waals surface area contributed by atoms with Crippen LogP contribution in [0.2, 0.25) is 5.02 Å². The first-order valence-corrected chi connectivity index (χ1v) is 9.77. The highest BCUT2D eigenvalue weighted by molar-refractivity contribution is 6.30. The van der Waals surface area contributed by atoms with Gasteiger partial charge in [0.15, 0.2) is 11.5 Å². The minimum absolute atomic E-state index is 0.124. The number of amides is 2. The largest absolute Gasteiger partial charge is 0.493 e. The highest BCUT2D eigenvalue weighted by Crippen LogP contribution is 2.44. The van der Waals surface area contributed by atoms with Crippen molar-refractivity contribution >= 4 is 23.4 Å². The number of hydrogen-bond acceptors (Lipinski definition) is 5.